The van der Waals surface area contributed by atoms with E-state index in [0.29, 0.717) is 0 Å². The number of nitrogens with two attached hydrogens (primary N) is 1. The Bertz CT molecular complexity index is 278. The van der Waals surface area contributed by atoms with Crippen LogP contribution in [0.15, 0.2) is 30.3 Å². The molecule has 1 aromatic rings. The summed E-state index contributed by atoms with van der Waals surface area (Å²) < 4.78 is 5.51. The zero-order valence-electron chi connectivity index (χ0n) is 8.41. The molecule has 1 aliphatic heterocycles. The quantitative estimate of drug-likeness (QED) is 0.789. The Labute approximate surface area is 85.1 Å². The Hall–Kier alpha value is -0.860. The summed E-state index contributed by atoms with van der Waals surface area (Å²) in [6.45, 7) is 2.43. The highest BCUT2D eigenvalue weighted by Gasteiger charge is 2.35. The van der Waals surface area contributed by atoms with Gasteiger partial charge in [0.15, 0.2) is 0 Å². The van der Waals surface area contributed by atoms with Crippen LogP contribution in [0.1, 0.15) is 18.4 Å². The van der Waals surface area contributed by atoms with Crippen LogP contribution in [0, 0.1) is 0 Å². The highest BCUT2D eigenvalue weighted by Crippen LogP contribution is 2.35. The molecule has 0 saturated carbocycles. The second-order valence-corrected chi connectivity index (χ2v) is 3.99. The maximum Gasteiger partial charge on any atom is 0.0564 e. The lowest BCUT2D eigenvalue weighted by Gasteiger charge is -2.27. The van der Waals surface area contributed by atoms with Crippen LogP contribution in [0.3, 0.4) is 0 Å². The third kappa shape index (κ3) is 1.68. The summed E-state index contributed by atoms with van der Waals surface area (Å²) in [4.78, 5) is 0. The average Bonchev–Trinajstić information content (AvgIpc) is 2.70. The molecule has 1 saturated heterocycles. The van der Waals surface area contributed by atoms with Gasteiger partial charge in [-0.15, -0.1) is 0 Å². The number of hydrogen-bond donors (Lipinski definition) is 1. The predicted octanol–water partition coefficient (Wildman–Crippen LogP) is 1.69. The maximum atomic E-state index is 5.68. The van der Waals surface area contributed by atoms with Gasteiger partial charge in [0.05, 0.1) is 6.61 Å². The van der Waals surface area contributed by atoms with Gasteiger partial charge >= 0.3 is 0 Å². The molecule has 1 fully saturated rings. The first kappa shape index (κ1) is 9.69. The zero-order chi connectivity index (χ0) is 9.86. The largest absolute Gasteiger partial charge is 0.380 e. The number of ether oxygens (including phenoxy) is 1. The fourth-order valence-electron chi connectivity index (χ4n) is 2.24. The topological polar surface area (TPSA) is 35.2 Å². The zero-order valence-corrected chi connectivity index (χ0v) is 8.41. The van der Waals surface area contributed by atoms with E-state index in [1.54, 1.807) is 0 Å². The van der Waals surface area contributed by atoms with Crippen molar-refractivity contribution in [1.29, 1.82) is 0 Å². The van der Waals surface area contributed by atoms with Crippen molar-refractivity contribution >= 4 is 0 Å². The molecular weight excluding hydrogens is 174 g/mol. The first-order valence-corrected chi connectivity index (χ1v) is 5.21. The van der Waals surface area contributed by atoms with E-state index in [9.17, 15) is 0 Å². The Morgan fingerprint density at radius 2 is 2.07 bits per heavy atom. The van der Waals surface area contributed by atoms with Gasteiger partial charge in [0.25, 0.3) is 0 Å². The van der Waals surface area contributed by atoms with E-state index in [4.69, 9.17) is 10.5 Å². The lowest BCUT2D eigenvalue weighted by atomic mass is 9.77. The molecule has 0 radical (unpaired) electrons. The van der Waals surface area contributed by atoms with Crippen LogP contribution in [0.4, 0.5) is 0 Å². The molecule has 0 bridgehead atoms. The van der Waals surface area contributed by atoms with Gasteiger partial charge in [-0.25, -0.2) is 0 Å². The van der Waals surface area contributed by atoms with Crippen molar-refractivity contribution in [2.75, 3.05) is 19.8 Å². The maximum absolute atomic E-state index is 5.68. The normalized spacial score (nSPS) is 26.6. The summed E-state index contributed by atoms with van der Waals surface area (Å²) in [5.41, 5.74) is 7.24. The average molecular weight is 191 g/mol. The van der Waals surface area contributed by atoms with Gasteiger partial charge in [0.2, 0.25) is 0 Å². The van der Waals surface area contributed by atoms with E-state index in [1.807, 2.05) is 0 Å². The van der Waals surface area contributed by atoms with Gasteiger partial charge in [0.1, 0.15) is 0 Å². The highest BCUT2D eigenvalue weighted by molar-refractivity contribution is 5.26. The van der Waals surface area contributed by atoms with Crippen molar-refractivity contribution in [3.63, 3.8) is 0 Å². The smallest absolute Gasteiger partial charge is 0.0564 e. The van der Waals surface area contributed by atoms with E-state index < -0.39 is 0 Å². The van der Waals surface area contributed by atoms with Crippen LogP contribution in [-0.2, 0) is 10.2 Å². The number of benzene rings is 1. The van der Waals surface area contributed by atoms with Crippen LogP contribution < -0.4 is 5.73 Å². The molecule has 76 valence electrons. The summed E-state index contributed by atoms with van der Waals surface area (Å²) >= 11 is 0. The van der Waals surface area contributed by atoms with E-state index >= 15 is 0 Å². The van der Waals surface area contributed by atoms with Gasteiger partial charge in [-0.2, -0.15) is 0 Å². The molecular formula is C12H17NO. The van der Waals surface area contributed by atoms with Gasteiger partial charge in [-0.3, -0.25) is 0 Å². The van der Waals surface area contributed by atoms with E-state index in [-0.39, 0.29) is 5.41 Å². The minimum Gasteiger partial charge on any atom is -0.380 e. The molecule has 14 heavy (non-hydrogen) atoms. The minimum atomic E-state index is 0.190. The van der Waals surface area contributed by atoms with E-state index in [0.717, 1.165) is 32.6 Å². The monoisotopic (exact) mass is 191 g/mol. The summed E-state index contributed by atoms with van der Waals surface area (Å²) in [6, 6.07) is 10.6. The molecule has 2 N–H and O–H groups in total. The lowest BCUT2D eigenvalue weighted by Crippen LogP contribution is -2.29. The van der Waals surface area contributed by atoms with Gasteiger partial charge in [0, 0.05) is 12.0 Å². The van der Waals surface area contributed by atoms with Crippen molar-refractivity contribution in [2.45, 2.75) is 18.3 Å². The first-order valence-electron chi connectivity index (χ1n) is 5.21. The molecule has 0 spiro atoms. The molecule has 1 heterocycles. The summed E-state index contributed by atoms with van der Waals surface area (Å²) in [6.07, 6.45) is 2.13. The Kier molecular flexibility index (Phi) is 2.85. The van der Waals surface area contributed by atoms with Crippen molar-refractivity contribution in [1.82, 2.24) is 0 Å². The Morgan fingerprint density at radius 3 is 2.64 bits per heavy atom. The highest BCUT2D eigenvalue weighted by atomic mass is 16.5. The van der Waals surface area contributed by atoms with Crippen molar-refractivity contribution in [2.24, 2.45) is 5.73 Å². The molecule has 0 aromatic heterocycles. The first-order chi connectivity index (χ1) is 6.87. The van der Waals surface area contributed by atoms with Crippen LogP contribution in [-0.4, -0.2) is 19.8 Å². The summed E-state index contributed by atoms with van der Waals surface area (Å²) in [7, 11) is 0. The third-order valence-electron chi connectivity index (χ3n) is 3.11. The van der Waals surface area contributed by atoms with Crippen LogP contribution in [0.5, 0.6) is 0 Å². The fraction of sp³-hybridized carbons (Fsp3) is 0.500. The van der Waals surface area contributed by atoms with Crippen molar-refractivity contribution < 1.29 is 4.74 Å². The van der Waals surface area contributed by atoms with Crippen molar-refractivity contribution in [3.05, 3.63) is 35.9 Å². The summed E-state index contributed by atoms with van der Waals surface area (Å²) in [5, 5.41) is 0. The molecule has 0 amide bonds. The minimum absolute atomic E-state index is 0.190. The number of hydrogen-bond acceptors (Lipinski definition) is 2. The van der Waals surface area contributed by atoms with E-state index in [2.05, 4.69) is 30.3 Å². The SMILES string of the molecule is NCCC1(c2ccccc2)CCOC1. The van der Waals surface area contributed by atoms with Crippen LogP contribution in [0.2, 0.25) is 0 Å². The number of rotatable bonds is 3. The van der Waals surface area contributed by atoms with Gasteiger partial charge in [-0.05, 0) is 24.9 Å². The molecule has 2 rings (SSSR count). The van der Waals surface area contributed by atoms with Crippen LogP contribution in [0.25, 0.3) is 0 Å². The standard InChI is InChI=1S/C12H17NO/c13-8-6-12(7-9-14-10-12)11-4-2-1-3-5-11/h1-5H,6-10,13H2. The van der Waals surface area contributed by atoms with Crippen LogP contribution >= 0.6 is 0 Å². The third-order valence-corrected chi connectivity index (χ3v) is 3.11. The van der Waals surface area contributed by atoms with E-state index in [1.165, 1.54) is 5.56 Å². The second kappa shape index (κ2) is 4.11. The lowest BCUT2D eigenvalue weighted by molar-refractivity contribution is 0.175. The van der Waals surface area contributed by atoms with Crippen molar-refractivity contribution in [3.8, 4) is 0 Å². The molecule has 2 heteroatoms. The van der Waals surface area contributed by atoms with Gasteiger partial charge < -0.3 is 10.5 Å². The molecule has 0 aliphatic carbocycles. The molecule has 1 unspecified atom stereocenters. The fourth-order valence-corrected chi connectivity index (χ4v) is 2.24. The predicted molar refractivity (Wildman–Crippen MR) is 57.2 cm³/mol. The molecule has 1 aliphatic rings. The molecule has 1 aromatic carbocycles. The second-order valence-electron chi connectivity index (χ2n) is 3.99. The van der Waals surface area contributed by atoms with Gasteiger partial charge in [-0.1, -0.05) is 30.3 Å². The molecule has 2 nitrogen and oxygen atoms in total. The Morgan fingerprint density at radius 1 is 1.29 bits per heavy atom. The Balaban J connectivity index is 2.27. The molecule has 1 atom stereocenters. The summed E-state index contributed by atoms with van der Waals surface area (Å²) in [5.74, 6) is 0.